The lowest BCUT2D eigenvalue weighted by atomic mass is 9.84. The minimum atomic E-state index is -0.414. The molecule has 0 saturated carbocycles. The maximum atomic E-state index is 13.0. The van der Waals surface area contributed by atoms with Crippen LogP contribution in [0.2, 0.25) is 0 Å². The van der Waals surface area contributed by atoms with Gasteiger partial charge in [-0.2, -0.15) is 0 Å². The first kappa shape index (κ1) is 20.4. The summed E-state index contributed by atoms with van der Waals surface area (Å²) in [5.74, 6) is -0.0296. The third kappa shape index (κ3) is 6.84. The molecule has 1 unspecified atom stereocenters. The lowest BCUT2D eigenvalue weighted by Gasteiger charge is -2.27. The van der Waals surface area contributed by atoms with Gasteiger partial charge in [0.2, 0.25) is 11.8 Å². The smallest absolute Gasteiger partial charge is 0.243 e. The number of hydrogen-bond acceptors (Lipinski definition) is 3. The van der Waals surface area contributed by atoms with Crippen molar-refractivity contribution >= 4 is 29.9 Å². The van der Waals surface area contributed by atoms with Crippen molar-refractivity contribution in [2.45, 2.75) is 26.2 Å². The highest BCUT2D eigenvalue weighted by Crippen LogP contribution is 2.24. The Morgan fingerprint density at radius 1 is 1.29 bits per heavy atom. The van der Waals surface area contributed by atoms with E-state index in [2.05, 4.69) is 22.9 Å². The summed E-state index contributed by atoms with van der Waals surface area (Å²) < 4.78 is 13.0. The number of amides is 2. The third-order valence-electron chi connectivity index (χ3n) is 4.25. The highest BCUT2D eigenvalue weighted by atomic mass is 35.5. The van der Waals surface area contributed by atoms with Crippen LogP contribution in [0.5, 0.6) is 0 Å². The van der Waals surface area contributed by atoms with Crippen LogP contribution in [0.25, 0.3) is 0 Å². The van der Waals surface area contributed by atoms with Crippen LogP contribution in [-0.4, -0.2) is 31.4 Å². The summed E-state index contributed by atoms with van der Waals surface area (Å²) in [5.41, 5.74) is 0.382. The molecule has 24 heavy (non-hydrogen) atoms. The fourth-order valence-corrected chi connectivity index (χ4v) is 2.89. The zero-order chi connectivity index (χ0) is 16.7. The molecule has 2 rings (SSSR count). The molecule has 1 aliphatic rings. The van der Waals surface area contributed by atoms with E-state index in [9.17, 15) is 14.0 Å². The number of carbonyl (C=O) groups excluding carboxylic acids is 2. The van der Waals surface area contributed by atoms with Crippen molar-refractivity contribution < 1.29 is 14.0 Å². The van der Waals surface area contributed by atoms with Gasteiger partial charge in [0.25, 0.3) is 0 Å². The van der Waals surface area contributed by atoms with Gasteiger partial charge in [0.05, 0.1) is 6.54 Å². The molecule has 1 aromatic carbocycles. The Labute approximate surface area is 148 Å². The van der Waals surface area contributed by atoms with Crippen LogP contribution in [0.4, 0.5) is 10.1 Å². The van der Waals surface area contributed by atoms with Crippen LogP contribution in [0.3, 0.4) is 0 Å². The molecule has 0 radical (unpaired) electrons. The van der Waals surface area contributed by atoms with Crippen LogP contribution < -0.4 is 16.0 Å². The number of carbonyl (C=O) groups is 2. The molecule has 5 nitrogen and oxygen atoms in total. The van der Waals surface area contributed by atoms with Gasteiger partial charge in [0.1, 0.15) is 5.82 Å². The Morgan fingerprint density at radius 2 is 2.00 bits per heavy atom. The standard InChI is InChI=1S/C17H24FN3O2.ClH/c1-12(13-5-7-19-8-6-13)9-16(22)20-11-17(23)21-15-4-2-3-14(18)10-15;/h2-4,10,12-13,19H,5-9,11H2,1H3,(H,20,22)(H,21,23);1H. The molecule has 1 aliphatic heterocycles. The predicted octanol–water partition coefficient (Wildman–Crippen LogP) is 2.33. The van der Waals surface area contributed by atoms with Gasteiger partial charge < -0.3 is 16.0 Å². The molecule has 0 spiro atoms. The fraction of sp³-hybridized carbons (Fsp3) is 0.529. The van der Waals surface area contributed by atoms with E-state index in [4.69, 9.17) is 0 Å². The molecule has 134 valence electrons. The van der Waals surface area contributed by atoms with Gasteiger partial charge in [-0.15, -0.1) is 12.4 Å². The lowest BCUT2D eigenvalue weighted by molar-refractivity contribution is -0.125. The van der Waals surface area contributed by atoms with Crippen molar-refractivity contribution in [3.05, 3.63) is 30.1 Å². The molecule has 0 bridgehead atoms. The Bertz CT molecular complexity index is 550. The molecule has 1 atom stereocenters. The molecule has 3 N–H and O–H groups in total. The molecule has 2 amide bonds. The Hall–Kier alpha value is -1.66. The molecule has 1 aromatic rings. The van der Waals surface area contributed by atoms with Crippen molar-refractivity contribution in [2.24, 2.45) is 11.8 Å². The van der Waals surface area contributed by atoms with Gasteiger partial charge in [-0.1, -0.05) is 13.0 Å². The summed E-state index contributed by atoms with van der Waals surface area (Å²) in [6.07, 6.45) is 2.61. The normalized spacial score (nSPS) is 15.9. The third-order valence-corrected chi connectivity index (χ3v) is 4.25. The number of hydrogen-bond donors (Lipinski definition) is 3. The molecule has 1 heterocycles. The van der Waals surface area contributed by atoms with Gasteiger partial charge in [-0.3, -0.25) is 9.59 Å². The van der Waals surface area contributed by atoms with Crippen molar-refractivity contribution in [3.8, 4) is 0 Å². The predicted molar refractivity (Wildman–Crippen MR) is 94.7 cm³/mol. The van der Waals surface area contributed by atoms with E-state index in [-0.39, 0.29) is 30.8 Å². The van der Waals surface area contributed by atoms with Gasteiger partial charge in [-0.05, 0) is 56.0 Å². The van der Waals surface area contributed by atoms with E-state index in [1.165, 1.54) is 18.2 Å². The van der Waals surface area contributed by atoms with Crippen LogP contribution in [0, 0.1) is 17.7 Å². The molecule has 1 fully saturated rings. The number of piperidine rings is 1. The quantitative estimate of drug-likeness (QED) is 0.731. The number of benzene rings is 1. The minimum Gasteiger partial charge on any atom is -0.347 e. The van der Waals surface area contributed by atoms with Crippen molar-refractivity contribution in [1.29, 1.82) is 0 Å². The second-order valence-electron chi connectivity index (χ2n) is 6.10. The Balaban J connectivity index is 0.00000288. The summed E-state index contributed by atoms with van der Waals surface area (Å²) in [5, 5.41) is 8.49. The molecule has 1 saturated heterocycles. The zero-order valence-corrected chi connectivity index (χ0v) is 14.6. The Kier molecular flexibility index (Phi) is 8.71. The van der Waals surface area contributed by atoms with Gasteiger partial charge >= 0.3 is 0 Å². The van der Waals surface area contributed by atoms with Gasteiger partial charge in [0, 0.05) is 12.1 Å². The Morgan fingerprint density at radius 3 is 2.67 bits per heavy atom. The van der Waals surface area contributed by atoms with Gasteiger partial charge in [-0.25, -0.2) is 4.39 Å². The highest BCUT2D eigenvalue weighted by molar-refractivity contribution is 5.94. The number of anilines is 1. The number of nitrogens with one attached hydrogen (secondary N) is 3. The lowest BCUT2D eigenvalue weighted by Crippen LogP contribution is -2.36. The highest BCUT2D eigenvalue weighted by Gasteiger charge is 2.22. The zero-order valence-electron chi connectivity index (χ0n) is 13.8. The molecule has 7 heteroatoms. The summed E-state index contributed by atoms with van der Waals surface area (Å²) in [7, 11) is 0. The van der Waals surface area contributed by atoms with Crippen LogP contribution in [0.1, 0.15) is 26.2 Å². The maximum Gasteiger partial charge on any atom is 0.243 e. The molecular weight excluding hydrogens is 333 g/mol. The summed E-state index contributed by atoms with van der Waals surface area (Å²) >= 11 is 0. The molecular formula is C17H25ClFN3O2. The first-order valence-corrected chi connectivity index (χ1v) is 8.07. The molecule has 0 aromatic heterocycles. The average Bonchev–Trinajstić information content (AvgIpc) is 2.54. The van der Waals surface area contributed by atoms with Crippen LogP contribution in [0.15, 0.2) is 24.3 Å². The van der Waals surface area contributed by atoms with E-state index in [1.54, 1.807) is 6.07 Å². The summed E-state index contributed by atoms with van der Waals surface area (Å²) in [6.45, 7) is 4.00. The number of rotatable bonds is 6. The van der Waals surface area contributed by atoms with E-state index < -0.39 is 5.82 Å². The van der Waals surface area contributed by atoms with Crippen molar-refractivity contribution in [1.82, 2.24) is 10.6 Å². The first-order valence-electron chi connectivity index (χ1n) is 8.07. The average molecular weight is 358 g/mol. The van der Waals surface area contributed by atoms with E-state index in [0.717, 1.165) is 25.9 Å². The second kappa shape index (κ2) is 10.3. The van der Waals surface area contributed by atoms with Crippen molar-refractivity contribution in [3.63, 3.8) is 0 Å². The SMILES string of the molecule is CC(CC(=O)NCC(=O)Nc1cccc(F)c1)C1CCNCC1.Cl. The van der Waals surface area contributed by atoms with Crippen LogP contribution >= 0.6 is 12.4 Å². The monoisotopic (exact) mass is 357 g/mol. The summed E-state index contributed by atoms with van der Waals surface area (Å²) in [4.78, 5) is 23.7. The fourth-order valence-electron chi connectivity index (χ4n) is 2.89. The minimum absolute atomic E-state index is 0. The first-order chi connectivity index (χ1) is 11.0. The van der Waals surface area contributed by atoms with E-state index in [0.29, 0.717) is 23.9 Å². The summed E-state index contributed by atoms with van der Waals surface area (Å²) in [6, 6.07) is 5.66. The second-order valence-corrected chi connectivity index (χ2v) is 6.10. The van der Waals surface area contributed by atoms with Gasteiger partial charge in [0.15, 0.2) is 0 Å². The van der Waals surface area contributed by atoms with Crippen molar-refractivity contribution in [2.75, 3.05) is 25.0 Å². The van der Waals surface area contributed by atoms with E-state index >= 15 is 0 Å². The van der Waals surface area contributed by atoms with E-state index in [1.807, 2.05) is 0 Å². The van der Waals surface area contributed by atoms with Crippen LogP contribution in [-0.2, 0) is 9.59 Å². The largest absolute Gasteiger partial charge is 0.347 e. The number of halogens is 2. The molecule has 0 aliphatic carbocycles. The topological polar surface area (TPSA) is 70.2 Å². The maximum absolute atomic E-state index is 13.0.